The molecule has 2 aromatic carbocycles. The molecular weight excluding hydrogens is 331 g/mol. The molecule has 1 heterocycles. The molecule has 3 rings (SSSR count). The van der Waals surface area contributed by atoms with E-state index in [4.69, 9.17) is 23.2 Å². The van der Waals surface area contributed by atoms with E-state index in [-0.39, 0.29) is 0 Å². The predicted octanol–water partition coefficient (Wildman–Crippen LogP) is 3.65. The number of anilines is 2. The third-order valence-electron chi connectivity index (χ3n) is 3.26. The Morgan fingerprint density at radius 3 is 1.43 bits per heavy atom. The van der Waals surface area contributed by atoms with Crippen molar-refractivity contribution in [2.75, 3.05) is 43.5 Å². The lowest BCUT2D eigenvalue weighted by molar-refractivity contribution is 0.534. The second kappa shape index (κ2) is 10.3. The molecule has 0 radical (unpaired) electrons. The van der Waals surface area contributed by atoms with Crippen LogP contribution in [0.4, 0.5) is 11.4 Å². The Morgan fingerprint density at radius 2 is 1.09 bits per heavy atom. The zero-order valence-corrected chi connectivity index (χ0v) is 14.4. The maximum atomic E-state index is 6.02. The van der Waals surface area contributed by atoms with Crippen LogP contribution in [0.25, 0.3) is 0 Å². The molecule has 1 fully saturated rings. The van der Waals surface area contributed by atoms with Crippen LogP contribution in [0.15, 0.2) is 48.5 Å². The quantitative estimate of drug-likeness (QED) is 0.634. The van der Waals surface area contributed by atoms with E-state index in [2.05, 4.69) is 21.3 Å². The van der Waals surface area contributed by atoms with Crippen molar-refractivity contribution >= 4 is 34.6 Å². The summed E-state index contributed by atoms with van der Waals surface area (Å²) in [5, 5.41) is 14.2. The second-order valence-electron chi connectivity index (χ2n) is 4.99. The first-order valence-corrected chi connectivity index (χ1v) is 8.41. The Bertz CT molecular complexity index is 531. The molecular formula is C17H22Cl2N4. The van der Waals surface area contributed by atoms with Gasteiger partial charge in [-0.2, -0.15) is 0 Å². The Balaban J connectivity index is 0.000000268. The van der Waals surface area contributed by atoms with E-state index in [1.54, 1.807) is 0 Å². The molecule has 1 aliphatic rings. The van der Waals surface area contributed by atoms with Crippen LogP contribution in [-0.2, 0) is 0 Å². The van der Waals surface area contributed by atoms with E-state index in [0.29, 0.717) is 16.7 Å². The molecule has 0 unspecified atom stereocenters. The average molecular weight is 353 g/mol. The summed E-state index contributed by atoms with van der Waals surface area (Å²) in [6.07, 6.45) is 0. The predicted molar refractivity (Wildman–Crippen MR) is 101 cm³/mol. The van der Waals surface area contributed by atoms with Crippen molar-refractivity contribution in [1.29, 1.82) is 0 Å². The number of benzene rings is 2. The molecule has 2 aromatic rings. The van der Waals surface area contributed by atoms with Gasteiger partial charge in [0.2, 0.25) is 0 Å². The Morgan fingerprint density at radius 1 is 0.696 bits per heavy atom. The smallest absolute Gasteiger partial charge is 0.0850 e. The van der Waals surface area contributed by atoms with Gasteiger partial charge in [0.15, 0.2) is 0 Å². The topological polar surface area (TPSA) is 48.1 Å². The lowest BCUT2D eigenvalue weighted by Crippen LogP contribution is -2.39. The highest BCUT2D eigenvalue weighted by Gasteiger charge is 1.99. The first-order valence-electron chi connectivity index (χ1n) is 7.65. The SMILES string of the molecule is C1CNCCN1.Clc1ccccc1NCNc1ccccc1Cl. The van der Waals surface area contributed by atoms with Crippen molar-refractivity contribution in [3.63, 3.8) is 0 Å². The monoisotopic (exact) mass is 352 g/mol. The molecule has 0 atom stereocenters. The number of halogens is 2. The van der Waals surface area contributed by atoms with Crippen LogP contribution in [-0.4, -0.2) is 32.8 Å². The minimum Gasteiger partial charge on any atom is -0.367 e. The minimum atomic E-state index is 0.563. The molecule has 0 aromatic heterocycles. The molecule has 0 aliphatic carbocycles. The van der Waals surface area contributed by atoms with Crippen LogP contribution in [0, 0.1) is 0 Å². The molecule has 23 heavy (non-hydrogen) atoms. The molecule has 4 N–H and O–H groups in total. The number of para-hydroxylation sites is 2. The number of rotatable bonds is 4. The molecule has 1 saturated heterocycles. The van der Waals surface area contributed by atoms with Gasteiger partial charge < -0.3 is 21.3 Å². The fourth-order valence-electron chi connectivity index (χ4n) is 2.05. The molecule has 1 aliphatic heterocycles. The van der Waals surface area contributed by atoms with Crippen molar-refractivity contribution in [1.82, 2.24) is 10.6 Å². The zero-order chi connectivity index (χ0) is 16.3. The summed E-state index contributed by atoms with van der Waals surface area (Å²) in [6, 6.07) is 15.2. The molecule has 0 bridgehead atoms. The Labute approximate surface area is 147 Å². The van der Waals surface area contributed by atoms with Gasteiger partial charge in [0.1, 0.15) is 0 Å². The highest BCUT2D eigenvalue weighted by Crippen LogP contribution is 2.22. The van der Waals surface area contributed by atoms with E-state index in [1.807, 2.05) is 48.5 Å². The summed E-state index contributed by atoms with van der Waals surface area (Å²) in [5.74, 6) is 0. The minimum absolute atomic E-state index is 0.563. The van der Waals surface area contributed by atoms with E-state index in [0.717, 1.165) is 37.6 Å². The number of nitrogens with one attached hydrogen (secondary N) is 4. The van der Waals surface area contributed by atoms with Gasteiger partial charge in [-0.25, -0.2) is 0 Å². The summed E-state index contributed by atoms with van der Waals surface area (Å²) in [5.41, 5.74) is 1.79. The van der Waals surface area contributed by atoms with Gasteiger partial charge in [-0.1, -0.05) is 47.5 Å². The van der Waals surface area contributed by atoms with Crippen molar-refractivity contribution in [3.8, 4) is 0 Å². The van der Waals surface area contributed by atoms with Crippen molar-refractivity contribution in [2.24, 2.45) is 0 Å². The lowest BCUT2D eigenvalue weighted by Gasteiger charge is -2.11. The van der Waals surface area contributed by atoms with Gasteiger partial charge in [-0.05, 0) is 24.3 Å². The first kappa shape index (κ1) is 17.9. The second-order valence-corrected chi connectivity index (χ2v) is 5.80. The molecule has 124 valence electrons. The van der Waals surface area contributed by atoms with E-state index < -0.39 is 0 Å². The molecule has 0 spiro atoms. The van der Waals surface area contributed by atoms with Gasteiger partial charge in [0.25, 0.3) is 0 Å². The van der Waals surface area contributed by atoms with E-state index in [1.165, 1.54) is 0 Å². The summed E-state index contributed by atoms with van der Waals surface area (Å²) in [7, 11) is 0. The van der Waals surface area contributed by atoms with E-state index in [9.17, 15) is 0 Å². The lowest BCUT2D eigenvalue weighted by atomic mass is 10.3. The molecule has 4 nitrogen and oxygen atoms in total. The van der Waals surface area contributed by atoms with Crippen LogP contribution < -0.4 is 21.3 Å². The zero-order valence-electron chi connectivity index (χ0n) is 12.9. The van der Waals surface area contributed by atoms with Crippen LogP contribution in [0.1, 0.15) is 0 Å². The fraction of sp³-hybridized carbons (Fsp3) is 0.294. The van der Waals surface area contributed by atoms with Crippen LogP contribution in [0.5, 0.6) is 0 Å². The highest BCUT2D eigenvalue weighted by molar-refractivity contribution is 6.33. The summed E-state index contributed by atoms with van der Waals surface area (Å²) in [4.78, 5) is 0. The summed E-state index contributed by atoms with van der Waals surface area (Å²) in [6.45, 7) is 5.12. The maximum Gasteiger partial charge on any atom is 0.0850 e. The van der Waals surface area contributed by atoms with Crippen molar-refractivity contribution in [3.05, 3.63) is 58.6 Å². The van der Waals surface area contributed by atoms with Gasteiger partial charge >= 0.3 is 0 Å². The standard InChI is InChI=1S/C13H12Cl2N2.C4H10N2/c14-10-5-1-3-7-12(10)16-9-17-13-8-4-2-6-11(13)15;1-2-6-4-3-5-1/h1-8,16-17H,9H2;5-6H,1-4H2. The Kier molecular flexibility index (Phi) is 8.04. The number of piperazine rings is 1. The van der Waals surface area contributed by atoms with Gasteiger partial charge in [0.05, 0.1) is 28.1 Å². The van der Waals surface area contributed by atoms with Gasteiger partial charge in [0, 0.05) is 26.2 Å². The normalized spacial score (nSPS) is 13.7. The van der Waals surface area contributed by atoms with Crippen molar-refractivity contribution in [2.45, 2.75) is 0 Å². The highest BCUT2D eigenvalue weighted by atomic mass is 35.5. The average Bonchev–Trinajstić information content (AvgIpc) is 2.60. The third kappa shape index (κ3) is 6.67. The number of hydrogen-bond acceptors (Lipinski definition) is 4. The maximum absolute atomic E-state index is 6.02. The van der Waals surface area contributed by atoms with Gasteiger partial charge in [-0.3, -0.25) is 0 Å². The summed E-state index contributed by atoms with van der Waals surface area (Å²) < 4.78 is 0. The number of hydrogen-bond donors (Lipinski definition) is 4. The van der Waals surface area contributed by atoms with Crippen LogP contribution in [0.2, 0.25) is 10.0 Å². The third-order valence-corrected chi connectivity index (χ3v) is 3.92. The first-order chi connectivity index (χ1) is 11.3. The molecule has 0 saturated carbocycles. The largest absolute Gasteiger partial charge is 0.367 e. The fourth-order valence-corrected chi connectivity index (χ4v) is 2.45. The Hall–Kier alpha value is -1.46. The molecule has 0 amide bonds. The van der Waals surface area contributed by atoms with Crippen LogP contribution in [0.3, 0.4) is 0 Å². The van der Waals surface area contributed by atoms with Crippen molar-refractivity contribution < 1.29 is 0 Å². The summed E-state index contributed by atoms with van der Waals surface area (Å²) >= 11 is 12.0. The van der Waals surface area contributed by atoms with Gasteiger partial charge in [-0.15, -0.1) is 0 Å². The molecule has 6 heteroatoms. The van der Waals surface area contributed by atoms with Crippen LogP contribution >= 0.6 is 23.2 Å². The van der Waals surface area contributed by atoms with E-state index >= 15 is 0 Å².